The van der Waals surface area contributed by atoms with Crippen molar-refractivity contribution in [3.8, 4) is 11.8 Å². The van der Waals surface area contributed by atoms with Gasteiger partial charge in [0, 0.05) is 39.6 Å². The van der Waals surface area contributed by atoms with E-state index < -0.39 is 9.84 Å². The van der Waals surface area contributed by atoms with Crippen molar-refractivity contribution < 1.29 is 45.9 Å². The number of aromatic nitrogens is 1. The Morgan fingerprint density at radius 3 is 2.27 bits per heavy atom. The van der Waals surface area contributed by atoms with Crippen LogP contribution in [0.15, 0.2) is 58.3 Å². The molecule has 1 radical (unpaired) electrons. The molecule has 1 heterocycles. The van der Waals surface area contributed by atoms with Gasteiger partial charge in [-0.2, -0.15) is 11.3 Å². The third-order valence-electron chi connectivity index (χ3n) is 3.44. The van der Waals surface area contributed by atoms with Gasteiger partial charge in [-0.1, -0.05) is 18.2 Å². The Balaban J connectivity index is 0.00000117. The molecule has 0 unspecified atom stereocenters. The Hall–Kier alpha value is -1.68. The number of fused-ring (bicyclic) bond motifs is 1. The minimum absolute atomic E-state index is 0. The van der Waals surface area contributed by atoms with Crippen molar-refractivity contribution in [2.24, 2.45) is 7.05 Å². The van der Waals surface area contributed by atoms with Gasteiger partial charge in [0.25, 0.3) is 0 Å². The average Bonchev–Trinajstić information content (AvgIpc) is 2.96. The molecular formula is C19H20N2O3SY-2. The molecule has 0 aliphatic rings. The summed E-state index contributed by atoms with van der Waals surface area (Å²) in [6.45, 7) is 1.43. The Labute approximate surface area is 180 Å². The minimum atomic E-state index is -3.65. The summed E-state index contributed by atoms with van der Waals surface area (Å²) in [5.41, 5.74) is 0.797. The van der Waals surface area contributed by atoms with Crippen molar-refractivity contribution in [1.82, 2.24) is 4.57 Å². The van der Waals surface area contributed by atoms with Crippen LogP contribution in [0.2, 0.25) is 0 Å². The van der Waals surface area contributed by atoms with E-state index in [1.807, 2.05) is 13.1 Å². The number of sulfone groups is 1. The fourth-order valence-electron chi connectivity index (χ4n) is 2.39. The Morgan fingerprint density at radius 1 is 1.15 bits per heavy atom. The second kappa shape index (κ2) is 10.5. The normalized spacial score (nSPS) is 9.77. The molecule has 3 aromatic rings. The van der Waals surface area contributed by atoms with Gasteiger partial charge in [-0.3, -0.25) is 0 Å². The van der Waals surface area contributed by atoms with Crippen LogP contribution in [0.5, 0.6) is 5.75 Å². The summed E-state index contributed by atoms with van der Waals surface area (Å²) in [5.74, 6) is 0.339. The number of hydrogen-bond acceptors (Lipinski definition) is 4. The Bertz CT molecular complexity index is 991. The predicted molar refractivity (Wildman–Crippen MR) is 97.9 cm³/mol. The van der Waals surface area contributed by atoms with E-state index >= 15 is 0 Å². The van der Waals surface area contributed by atoms with Crippen LogP contribution in [0, 0.1) is 25.0 Å². The number of rotatable bonds is 3. The van der Waals surface area contributed by atoms with Crippen LogP contribution in [-0.4, -0.2) is 20.1 Å². The van der Waals surface area contributed by atoms with Gasteiger partial charge in [-0.15, -0.1) is 23.2 Å². The summed E-state index contributed by atoms with van der Waals surface area (Å²) in [5, 5.41) is 7.93. The van der Waals surface area contributed by atoms with Gasteiger partial charge in [0.15, 0.2) is 9.84 Å². The van der Waals surface area contributed by atoms with E-state index in [2.05, 4.69) is 6.20 Å². The average molecular weight is 445 g/mol. The van der Waals surface area contributed by atoms with Gasteiger partial charge in [0.05, 0.1) is 23.0 Å². The summed E-state index contributed by atoms with van der Waals surface area (Å²) in [7, 11) is -0.356. The van der Waals surface area contributed by atoms with Crippen molar-refractivity contribution in [2.75, 3.05) is 7.11 Å². The van der Waals surface area contributed by atoms with Crippen molar-refractivity contribution in [2.45, 2.75) is 16.7 Å². The number of aryl methyl sites for hydroxylation is 1. The summed E-state index contributed by atoms with van der Waals surface area (Å²) in [4.78, 5) is 0.435. The van der Waals surface area contributed by atoms with Crippen molar-refractivity contribution in [1.29, 1.82) is 5.26 Å². The van der Waals surface area contributed by atoms with Gasteiger partial charge >= 0.3 is 0 Å². The molecule has 7 heteroatoms. The fourth-order valence-corrected chi connectivity index (χ4v) is 4.01. The molecule has 0 aliphatic heterocycles. The molecule has 1 aromatic heterocycles. The van der Waals surface area contributed by atoms with Crippen molar-refractivity contribution >= 4 is 20.7 Å². The van der Waals surface area contributed by atoms with Crippen molar-refractivity contribution in [3.63, 3.8) is 0 Å². The van der Waals surface area contributed by atoms with E-state index in [0.29, 0.717) is 11.1 Å². The van der Waals surface area contributed by atoms with E-state index in [1.165, 1.54) is 14.0 Å². The maximum Gasteiger partial charge on any atom is 0.198 e. The second-order valence-electron chi connectivity index (χ2n) is 4.90. The van der Waals surface area contributed by atoms with Crippen LogP contribution in [0.1, 0.15) is 6.92 Å². The zero-order chi connectivity index (χ0) is 17.7. The van der Waals surface area contributed by atoms with Crippen LogP contribution in [0.4, 0.5) is 0 Å². The molecule has 0 amide bonds. The largest absolute Gasteiger partial charge is 0.497 e. The zero-order valence-corrected chi connectivity index (χ0v) is 18.9. The first-order valence-electron chi connectivity index (χ1n) is 7.12. The Morgan fingerprint density at radius 2 is 1.73 bits per heavy atom. The molecule has 135 valence electrons. The molecule has 26 heavy (non-hydrogen) atoms. The second-order valence-corrected chi connectivity index (χ2v) is 6.79. The monoisotopic (exact) mass is 445 g/mol. The fraction of sp³-hybridized carbons (Fsp3) is 0.158. The van der Waals surface area contributed by atoms with Crippen LogP contribution >= 0.6 is 0 Å². The quantitative estimate of drug-likeness (QED) is 0.575. The van der Waals surface area contributed by atoms with Crippen LogP contribution in [0.25, 0.3) is 10.9 Å². The first-order chi connectivity index (χ1) is 11.5. The number of hydrogen-bond donors (Lipinski definition) is 0. The number of methoxy groups -OCH3 is 1. The number of benzene rings is 2. The molecular weight excluding hydrogens is 425 g/mol. The van der Waals surface area contributed by atoms with Gasteiger partial charge in [0.1, 0.15) is 5.75 Å². The smallest absolute Gasteiger partial charge is 0.198 e. The number of nitriles is 1. The van der Waals surface area contributed by atoms with E-state index in [-0.39, 0.29) is 49.9 Å². The molecule has 0 saturated carbocycles. The third kappa shape index (κ3) is 4.73. The first kappa shape index (κ1) is 24.3. The van der Waals surface area contributed by atoms with E-state index in [9.17, 15) is 8.42 Å². The number of ether oxygens (including phenoxy) is 1. The molecule has 0 atom stereocenters. The minimum Gasteiger partial charge on any atom is -0.497 e. The zero-order valence-electron chi connectivity index (χ0n) is 15.2. The molecule has 2 aromatic carbocycles. The van der Waals surface area contributed by atoms with Crippen LogP contribution in [0.3, 0.4) is 0 Å². The molecule has 0 spiro atoms. The summed E-state index contributed by atoms with van der Waals surface area (Å²) >= 11 is 0. The predicted octanol–water partition coefficient (Wildman–Crippen LogP) is 3.80. The summed E-state index contributed by atoms with van der Waals surface area (Å²) < 4.78 is 32.9. The molecule has 0 N–H and O–H groups in total. The van der Waals surface area contributed by atoms with Crippen molar-refractivity contribution in [3.05, 3.63) is 62.2 Å². The SMILES string of the molecule is CC#N.COc1ccc2c(c[c-]n2C)c1S(=O)(=O)c1ccccc1.[CH3-].[Y]. The molecule has 0 saturated heterocycles. The van der Waals surface area contributed by atoms with E-state index in [1.54, 1.807) is 53.1 Å². The maximum atomic E-state index is 12.9. The molecule has 0 fully saturated rings. The van der Waals surface area contributed by atoms with E-state index in [0.717, 1.165) is 5.52 Å². The van der Waals surface area contributed by atoms with Gasteiger partial charge in [-0.05, 0) is 25.2 Å². The van der Waals surface area contributed by atoms with Gasteiger partial charge in [0.2, 0.25) is 0 Å². The molecule has 0 bridgehead atoms. The summed E-state index contributed by atoms with van der Waals surface area (Å²) in [6.07, 6.45) is 2.99. The van der Waals surface area contributed by atoms with Gasteiger partial charge in [-0.25, -0.2) is 8.42 Å². The van der Waals surface area contributed by atoms with Crippen LogP contribution in [-0.2, 0) is 49.6 Å². The van der Waals surface area contributed by atoms with Crippen LogP contribution < -0.4 is 4.74 Å². The topological polar surface area (TPSA) is 72.1 Å². The molecule has 3 rings (SSSR count). The third-order valence-corrected chi connectivity index (χ3v) is 5.29. The molecule has 5 nitrogen and oxygen atoms in total. The number of nitrogens with zero attached hydrogens (tertiary/aromatic N) is 2. The standard InChI is InChI=1S/C16H14NO3S.C2H3N.CH3.Y/c1-17-11-10-13-14(17)8-9-15(20-2)16(13)21(18,19)12-6-4-3-5-7-12;1-2-3;;/h3-10H,1-2H3;1H3;1H3;/q-1;;-1;. The van der Waals surface area contributed by atoms with E-state index in [4.69, 9.17) is 10.00 Å². The maximum absolute atomic E-state index is 12.9. The molecule has 0 aliphatic carbocycles. The van der Waals surface area contributed by atoms with Gasteiger partial charge < -0.3 is 16.7 Å². The Kier molecular flexibility index (Phi) is 9.79. The first-order valence-corrected chi connectivity index (χ1v) is 8.60. The summed E-state index contributed by atoms with van der Waals surface area (Å²) in [6, 6.07) is 15.3.